The topological polar surface area (TPSA) is 58.8 Å². The lowest BCUT2D eigenvalue weighted by Crippen LogP contribution is -2.45. The number of hydrogen-bond acceptors (Lipinski definition) is 6. The van der Waals surface area contributed by atoms with Crippen LogP contribution in [-0.2, 0) is 22.1 Å². The van der Waals surface area contributed by atoms with Gasteiger partial charge in [0.25, 0.3) is 5.91 Å². The minimum atomic E-state index is -4.50. The Balaban J connectivity index is 1.81. The van der Waals surface area contributed by atoms with E-state index in [4.69, 9.17) is 42.8 Å². The highest BCUT2D eigenvalue weighted by Crippen LogP contribution is 2.85. The molecule has 0 aliphatic carbocycles. The maximum atomic E-state index is 14.0. The third-order valence-corrected chi connectivity index (χ3v) is 16.4. The van der Waals surface area contributed by atoms with Crippen LogP contribution in [0.25, 0.3) is 0 Å². The summed E-state index contributed by atoms with van der Waals surface area (Å²) >= 11 is 19.6. The molecule has 2 aromatic rings. The fraction of sp³-hybridized carbons (Fsp3) is 0.333. The molecule has 1 saturated heterocycles. The van der Waals surface area contributed by atoms with Crippen LogP contribution >= 0.6 is 54.0 Å². The zero-order valence-corrected chi connectivity index (χ0v) is 22.1. The summed E-state index contributed by atoms with van der Waals surface area (Å²) in [5.74, 6) is -12.7. The van der Waals surface area contributed by atoms with Crippen LogP contribution in [0.4, 0.5) is 17.6 Å². The molecule has 2 aromatic carbocycles. The Kier molecular flexibility index (Phi) is 7.69. The number of hydrogen-bond donors (Lipinski definition) is 0. The monoisotopic (exact) mass is 596 g/mol. The highest BCUT2D eigenvalue weighted by molar-refractivity contribution is 8.15. The second-order valence-electron chi connectivity index (χ2n) is 7.46. The second kappa shape index (κ2) is 9.81. The summed E-state index contributed by atoms with van der Waals surface area (Å²) in [6.45, 7) is -6.52. The quantitative estimate of drug-likeness (QED) is 0.255. The fourth-order valence-corrected chi connectivity index (χ4v) is 16.8. The van der Waals surface area contributed by atoms with Crippen molar-refractivity contribution in [3.05, 3.63) is 71.8 Å². The van der Waals surface area contributed by atoms with E-state index in [2.05, 4.69) is 13.5 Å². The minimum Gasteiger partial charge on any atom is -0.300 e. The van der Waals surface area contributed by atoms with Crippen molar-refractivity contribution < 1.29 is 26.6 Å². The van der Waals surface area contributed by atoms with Gasteiger partial charge >= 0.3 is 19.5 Å². The van der Waals surface area contributed by atoms with Gasteiger partial charge in [-0.3, -0.25) is 9.05 Å². The third kappa shape index (κ3) is 5.94. The summed E-state index contributed by atoms with van der Waals surface area (Å²) < 4.78 is 80.3. The zero-order valence-electron chi connectivity index (χ0n) is 17.2. The van der Waals surface area contributed by atoms with Crippen molar-refractivity contribution >= 4 is 54.0 Å². The summed E-state index contributed by atoms with van der Waals surface area (Å²) in [6, 6.07) is 18.4. The van der Waals surface area contributed by atoms with E-state index in [1.165, 1.54) is 0 Å². The lowest BCUT2D eigenvalue weighted by molar-refractivity contribution is -0.222. The van der Waals surface area contributed by atoms with Crippen molar-refractivity contribution in [1.29, 1.82) is 0 Å². The van der Waals surface area contributed by atoms with E-state index in [9.17, 15) is 17.6 Å². The van der Waals surface area contributed by atoms with Crippen LogP contribution in [0.15, 0.2) is 74.2 Å². The largest absolute Gasteiger partial charge is 0.346 e. The lowest BCUT2D eigenvalue weighted by atomic mass is 10.2. The molecule has 0 aromatic heterocycles. The standard InChI is InChI=1S/C18H18Cl3F4N4O2P3/c19-32(20)26-33(21,28-34(27-32)30-13-17(22,23)18(24,25)14-31-34)29(11-15-7-3-1-4-8-15)12-16-9-5-2-6-10-16/h1-10H,11-14H2. The van der Waals surface area contributed by atoms with E-state index in [1.807, 2.05) is 60.7 Å². The molecule has 0 radical (unpaired) electrons. The normalized spacial score (nSPS) is 26.7. The Morgan fingerprint density at radius 2 is 1.18 bits per heavy atom. The van der Waals surface area contributed by atoms with Crippen LogP contribution in [-0.4, -0.2) is 29.7 Å². The number of benzene rings is 2. The van der Waals surface area contributed by atoms with Gasteiger partial charge in [0.1, 0.15) is 13.2 Å². The predicted octanol–water partition coefficient (Wildman–Crippen LogP) is 9.57. The van der Waals surface area contributed by atoms with Crippen molar-refractivity contribution in [2.24, 2.45) is 13.5 Å². The van der Waals surface area contributed by atoms with Crippen LogP contribution in [0, 0.1) is 0 Å². The van der Waals surface area contributed by atoms with Crippen LogP contribution in [0.3, 0.4) is 0 Å². The molecule has 1 fully saturated rings. The van der Waals surface area contributed by atoms with E-state index in [1.54, 1.807) is 4.67 Å². The third-order valence-electron chi connectivity index (χ3n) is 4.81. The van der Waals surface area contributed by atoms with Gasteiger partial charge in [0.15, 0.2) is 0 Å². The average molecular weight is 598 g/mol. The molecule has 186 valence electrons. The molecule has 6 nitrogen and oxygen atoms in total. The number of halogens is 7. The number of rotatable bonds is 5. The molecule has 0 bridgehead atoms. The highest BCUT2D eigenvalue weighted by atomic mass is 35.9. The van der Waals surface area contributed by atoms with Crippen molar-refractivity contribution in [2.75, 3.05) is 13.2 Å². The molecule has 0 saturated carbocycles. The molecule has 1 unspecified atom stereocenters. The van der Waals surface area contributed by atoms with Crippen molar-refractivity contribution in [3.63, 3.8) is 0 Å². The van der Waals surface area contributed by atoms with E-state index in [0.29, 0.717) is 0 Å². The highest BCUT2D eigenvalue weighted by Gasteiger charge is 2.61. The average Bonchev–Trinajstić information content (AvgIpc) is 2.83. The Labute approximate surface area is 208 Å². The van der Waals surface area contributed by atoms with Gasteiger partial charge < -0.3 is 0 Å². The van der Waals surface area contributed by atoms with Crippen LogP contribution in [0.2, 0.25) is 0 Å². The Bertz CT molecular complexity index is 1150. The van der Waals surface area contributed by atoms with Crippen molar-refractivity contribution in [1.82, 2.24) is 4.67 Å². The Morgan fingerprint density at radius 1 is 0.735 bits per heavy atom. The van der Waals surface area contributed by atoms with Gasteiger partial charge in [0.05, 0.1) is 0 Å². The summed E-state index contributed by atoms with van der Waals surface area (Å²) in [5.41, 5.74) is 1.68. The minimum absolute atomic E-state index is 0.222. The first-order chi connectivity index (χ1) is 15.8. The maximum absolute atomic E-state index is 14.0. The van der Waals surface area contributed by atoms with Gasteiger partial charge in [-0.25, -0.2) is 4.67 Å². The number of nitrogens with zero attached hydrogens (tertiary/aromatic N) is 4. The van der Waals surface area contributed by atoms with E-state index in [-0.39, 0.29) is 13.1 Å². The van der Waals surface area contributed by atoms with Gasteiger partial charge in [-0.15, -0.1) is 0 Å². The molecular weight excluding hydrogens is 579 g/mol. The molecular formula is C18H18Cl3F4N4O2P3. The first-order valence-corrected chi connectivity index (χ1v) is 17.3. The molecule has 2 aliphatic heterocycles. The van der Waals surface area contributed by atoms with E-state index >= 15 is 0 Å². The molecule has 34 heavy (non-hydrogen) atoms. The van der Waals surface area contributed by atoms with Gasteiger partial charge in [-0.05, 0) is 44.8 Å². The molecule has 2 aliphatic rings. The molecule has 0 amide bonds. The first kappa shape index (κ1) is 26.7. The summed E-state index contributed by atoms with van der Waals surface area (Å²) in [7, 11) is -4.14. The maximum Gasteiger partial charge on any atom is 0.346 e. The molecule has 4 rings (SSSR count). The smallest absolute Gasteiger partial charge is 0.300 e. The lowest BCUT2D eigenvalue weighted by Gasteiger charge is -2.34. The first-order valence-electron chi connectivity index (χ1n) is 9.72. The van der Waals surface area contributed by atoms with E-state index in [0.717, 1.165) is 11.1 Å². The molecule has 1 spiro atoms. The fourth-order valence-electron chi connectivity index (χ4n) is 3.09. The predicted molar refractivity (Wildman–Crippen MR) is 130 cm³/mol. The van der Waals surface area contributed by atoms with Crippen molar-refractivity contribution in [2.45, 2.75) is 24.9 Å². The summed E-state index contributed by atoms with van der Waals surface area (Å²) in [5, 5.41) is 0. The second-order valence-corrected chi connectivity index (χ2v) is 18.3. The summed E-state index contributed by atoms with van der Waals surface area (Å²) in [6.07, 6.45) is 0. The van der Waals surface area contributed by atoms with Gasteiger partial charge in [0, 0.05) is 13.1 Å². The van der Waals surface area contributed by atoms with Crippen molar-refractivity contribution in [3.8, 4) is 0 Å². The molecule has 1 atom stereocenters. The molecule has 16 heteroatoms. The van der Waals surface area contributed by atoms with Gasteiger partial charge in [-0.1, -0.05) is 60.7 Å². The van der Waals surface area contributed by atoms with Crippen LogP contribution < -0.4 is 0 Å². The summed E-state index contributed by atoms with van der Waals surface area (Å²) in [4.78, 5) is 0. The molecule has 0 N–H and O–H groups in total. The zero-order chi connectivity index (χ0) is 24.7. The number of alkyl halides is 4. The van der Waals surface area contributed by atoms with Crippen LogP contribution in [0.1, 0.15) is 11.1 Å². The van der Waals surface area contributed by atoms with E-state index < -0.39 is 45.3 Å². The van der Waals surface area contributed by atoms with Gasteiger partial charge in [0.2, 0.25) is 6.71 Å². The van der Waals surface area contributed by atoms with Crippen LogP contribution in [0.5, 0.6) is 0 Å². The molecule has 2 heterocycles. The Morgan fingerprint density at radius 3 is 1.62 bits per heavy atom. The Hall–Kier alpha value is -0.400. The van der Waals surface area contributed by atoms with Gasteiger partial charge in [-0.2, -0.15) is 31.1 Å². The SMILES string of the molecule is FC1(F)COP2(=NP(Cl)(Cl)=NP(Cl)(N(Cc3ccccc3)Cc3ccccc3)=N2)OCC1(F)F.